The molecule has 0 aliphatic carbocycles. The SMILES string of the molecule is CCN(CC)c1ccc(NC(=O)N/C=C/c2cccc(F)c2)cc1. The summed E-state index contributed by atoms with van der Waals surface area (Å²) >= 11 is 0. The van der Waals surface area contributed by atoms with Gasteiger partial charge < -0.3 is 15.5 Å². The summed E-state index contributed by atoms with van der Waals surface area (Å²) in [5, 5.41) is 5.34. The van der Waals surface area contributed by atoms with E-state index >= 15 is 0 Å². The van der Waals surface area contributed by atoms with Gasteiger partial charge in [0, 0.05) is 30.7 Å². The third-order valence-corrected chi connectivity index (χ3v) is 3.59. The third-order valence-electron chi connectivity index (χ3n) is 3.59. The van der Waals surface area contributed by atoms with Crippen molar-refractivity contribution in [3.05, 3.63) is 66.1 Å². The number of hydrogen-bond acceptors (Lipinski definition) is 2. The zero-order valence-corrected chi connectivity index (χ0v) is 13.9. The second-order valence-electron chi connectivity index (χ2n) is 5.21. The van der Waals surface area contributed by atoms with Crippen LogP contribution in [-0.2, 0) is 0 Å². The molecule has 24 heavy (non-hydrogen) atoms. The average Bonchev–Trinajstić information content (AvgIpc) is 2.57. The molecular weight excluding hydrogens is 305 g/mol. The zero-order valence-electron chi connectivity index (χ0n) is 13.9. The van der Waals surface area contributed by atoms with Crippen molar-refractivity contribution in [3.63, 3.8) is 0 Å². The molecule has 0 bridgehead atoms. The smallest absolute Gasteiger partial charge is 0.323 e. The predicted molar refractivity (Wildman–Crippen MR) is 97.6 cm³/mol. The molecule has 0 aliphatic rings. The number of amides is 2. The fraction of sp³-hybridized carbons (Fsp3) is 0.211. The molecule has 0 fully saturated rings. The molecule has 0 atom stereocenters. The molecule has 0 radical (unpaired) electrons. The molecule has 0 spiro atoms. The first-order chi connectivity index (χ1) is 11.6. The maximum absolute atomic E-state index is 13.0. The van der Waals surface area contributed by atoms with Crippen molar-refractivity contribution in [1.29, 1.82) is 0 Å². The Bertz CT molecular complexity index is 694. The molecule has 2 amide bonds. The highest BCUT2D eigenvalue weighted by Crippen LogP contribution is 2.17. The van der Waals surface area contributed by atoms with E-state index in [4.69, 9.17) is 0 Å². The van der Waals surface area contributed by atoms with E-state index in [1.165, 1.54) is 18.3 Å². The molecule has 0 aromatic heterocycles. The van der Waals surface area contributed by atoms with Gasteiger partial charge in [-0.3, -0.25) is 0 Å². The third kappa shape index (κ3) is 5.12. The molecular formula is C19H22FN3O. The number of carbonyl (C=O) groups is 1. The normalized spacial score (nSPS) is 10.6. The van der Waals surface area contributed by atoms with Crippen LogP contribution in [0.5, 0.6) is 0 Å². The van der Waals surface area contributed by atoms with Crippen LogP contribution in [0.3, 0.4) is 0 Å². The minimum Gasteiger partial charge on any atom is -0.372 e. The number of rotatable bonds is 6. The Morgan fingerprint density at radius 1 is 1.12 bits per heavy atom. The maximum atomic E-state index is 13.0. The first-order valence-electron chi connectivity index (χ1n) is 7.97. The van der Waals surface area contributed by atoms with Crippen LogP contribution in [0.15, 0.2) is 54.7 Å². The van der Waals surface area contributed by atoms with Crippen LogP contribution in [0.1, 0.15) is 19.4 Å². The molecule has 0 heterocycles. The van der Waals surface area contributed by atoms with Crippen LogP contribution in [0, 0.1) is 5.82 Å². The predicted octanol–water partition coefficient (Wildman–Crippen LogP) is 4.46. The number of hydrogen-bond donors (Lipinski definition) is 2. The lowest BCUT2D eigenvalue weighted by Crippen LogP contribution is -2.24. The molecule has 2 aromatic rings. The van der Waals surface area contributed by atoms with E-state index in [0.29, 0.717) is 11.3 Å². The Morgan fingerprint density at radius 2 is 1.83 bits per heavy atom. The monoisotopic (exact) mass is 327 g/mol. The largest absolute Gasteiger partial charge is 0.372 e. The first kappa shape index (κ1) is 17.5. The Morgan fingerprint density at radius 3 is 2.46 bits per heavy atom. The van der Waals surface area contributed by atoms with Gasteiger partial charge in [0.2, 0.25) is 0 Å². The lowest BCUT2D eigenvalue weighted by Gasteiger charge is -2.21. The van der Waals surface area contributed by atoms with Crippen molar-refractivity contribution in [2.24, 2.45) is 0 Å². The minimum atomic E-state index is -0.349. The summed E-state index contributed by atoms with van der Waals surface area (Å²) < 4.78 is 13.0. The molecule has 0 aliphatic heterocycles. The molecule has 0 unspecified atom stereocenters. The number of anilines is 2. The fourth-order valence-corrected chi connectivity index (χ4v) is 2.34. The van der Waals surface area contributed by atoms with Gasteiger partial charge in [-0.25, -0.2) is 9.18 Å². The van der Waals surface area contributed by atoms with Crippen LogP contribution >= 0.6 is 0 Å². The number of benzene rings is 2. The van der Waals surface area contributed by atoms with Crippen molar-refractivity contribution in [2.75, 3.05) is 23.3 Å². The van der Waals surface area contributed by atoms with E-state index in [1.807, 2.05) is 24.3 Å². The van der Waals surface area contributed by atoms with Crippen molar-refractivity contribution >= 4 is 23.5 Å². The summed E-state index contributed by atoms with van der Waals surface area (Å²) in [7, 11) is 0. The fourth-order valence-electron chi connectivity index (χ4n) is 2.34. The Balaban J connectivity index is 1.88. The second-order valence-corrected chi connectivity index (χ2v) is 5.21. The Hall–Kier alpha value is -2.82. The number of urea groups is 1. The highest BCUT2D eigenvalue weighted by atomic mass is 19.1. The summed E-state index contributed by atoms with van der Waals surface area (Å²) in [6.07, 6.45) is 3.11. The second kappa shape index (κ2) is 8.72. The van der Waals surface area contributed by atoms with E-state index in [2.05, 4.69) is 29.4 Å². The van der Waals surface area contributed by atoms with Crippen molar-refractivity contribution < 1.29 is 9.18 Å². The van der Waals surface area contributed by atoms with E-state index in [0.717, 1.165) is 18.8 Å². The molecule has 4 nitrogen and oxygen atoms in total. The number of nitrogens with zero attached hydrogens (tertiary/aromatic N) is 1. The van der Waals surface area contributed by atoms with E-state index in [-0.39, 0.29) is 11.8 Å². The Kier molecular flexibility index (Phi) is 6.37. The lowest BCUT2D eigenvalue weighted by molar-refractivity contribution is 0.255. The van der Waals surface area contributed by atoms with E-state index in [1.54, 1.807) is 18.2 Å². The van der Waals surface area contributed by atoms with Crippen LogP contribution in [0.25, 0.3) is 6.08 Å². The van der Waals surface area contributed by atoms with Gasteiger partial charge in [-0.15, -0.1) is 0 Å². The standard InChI is InChI=1S/C19H22FN3O/c1-3-23(4-2)18-10-8-17(9-11-18)22-19(24)21-13-12-15-6-5-7-16(20)14-15/h5-14H,3-4H2,1-2H3,(H2,21,22,24)/b13-12+. The highest BCUT2D eigenvalue weighted by molar-refractivity contribution is 5.90. The van der Waals surface area contributed by atoms with Gasteiger partial charge in [-0.2, -0.15) is 0 Å². The van der Waals surface area contributed by atoms with Crippen molar-refractivity contribution in [2.45, 2.75) is 13.8 Å². The van der Waals surface area contributed by atoms with Gasteiger partial charge in [-0.05, 0) is 61.9 Å². The lowest BCUT2D eigenvalue weighted by atomic mass is 10.2. The summed E-state index contributed by atoms with van der Waals surface area (Å²) in [4.78, 5) is 14.1. The van der Waals surface area contributed by atoms with Gasteiger partial charge in [0.05, 0.1) is 0 Å². The summed E-state index contributed by atoms with van der Waals surface area (Å²) in [6, 6.07) is 13.5. The van der Waals surface area contributed by atoms with Crippen LogP contribution < -0.4 is 15.5 Å². The number of halogens is 1. The first-order valence-corrected chi connectivity index (χ1v) is 7.97. The quantitative estimate of drug-likeness (QED) is 0.822. The summed E-state index contributed by atoms with van der Waals surface area (Å²) in [6.45, 7) is 6.09. The van der Waals surface area contributed by atoms with Gasteiger partial charge in [-0.1, -0.05) is 12.1 Å². The van der Waals surface area contributed by atoms with Gasteiger partial charge in [0.15, 0.2) is 0 Å². The Labute approximate surface area is 142 Å². The molecule has 5 heteroatoms. The highest BCUT2D eigenvalue weighted by Gasteiger charge is 2.03. The van der Waals surface area contributed by atoms with E-state index in [9.17, 15) is 9.18 Å². The van der Waals surface area contributed by atoms with Crippen LogP contribution in [0.4, 0.5) is 20.6 Å². The molecule has 0 saturated heterocycles. The van der Waals surface area contributed by atoms with Gasteiger partial charge >= 0.3 is 6.03 Å². The number of nitrogens with one attached hydrogen (secondary N) is 2. The summed E-state index contributed by atoms with van der Waals surface area (Å²) in [5.41, 5.74) is 2.51. The van der Waals surface area contributed by atoms with E-state index < -0.39 is 0 Å². The minimum absolute atomic E-state index is 0.310. The maximum Gasteiger partial charge on any atom is 0.323 e. The van der Waals surface area contributed by atoms with Crippen molar-refractivity contribution in [1.82, 2.24) is 5.32 Å². The molecule has 2 rings (SSSR count). The molecule has 0 saturated carbocycles. The van der Waals surface area contributed by atoms with Crippen molar-refractivity contribution in [3.8, 4) is 0 Å². The topological polar surface area (TPSA) is 44.4 Å². The van der Waals surface area contributed by atoms with Crippen LogP contribution in [-0.4, -0.2) is 19.1 Å². The van der Waals surface area contributed by atoms with Gasteiger partial charge in [0.25, 0.3) is 0 Å². The summed E-state index contributed by atoms with van der Waals surface area (Å²) in [5.74, 6) is -0.310. The number of carbonyl (C=O) groups excluding carboxylic acids is 1. The van der Waals surface area contributed by atoms with Crippen LogP contribution in [0.2, 0.25) is 0 Å². The molecule has 2 aromatic carbocycles. The average molecular weight is 327 g/mol. The molecule has 126 valence electrons. The zero-order chi connectivity index (χ0) is 17.4. The molecule has 2 N–H and O–H groups in total. The van der Waals surface area contributed by atoms with Gasteiger partial charge in [0.1, 0.15) is 5.82 Å².